The maximum absolute atomic E-state index is 9.75. The van der Waals surface area contributed by atoms with Crippen LogP contribution < -0.4 is 0 Å². The second kappa shape index (κ2) is 24.8. The summed E-state index contributed by atoms with van der Waals surface area (Å²) in [4.78, 5) is 0. The van der Waals surface area contributed by atoms with Crippen molar-refractivity contribution in [2.75, 3.05) is 0 Å². The Morgan fingerprint density at radius 2 is 0.594 bits per heavy atom. The van der Waals surface area contributed by atoms with E-state index in [4.69, 9.17) is 11.6 Å². The minimum atomic E-state index is -0.0504. The molecule has 0 aromatic heterocycles. The highest BCUT2D eigenvalue weighted by atomic mass is 35.5. The Kier molecular flexibility index (Phi) is 18.4. The number of phenolic OH excluding ortho intramolecular Hbond substituents is 8. The Morgan fingerprint density at radius 3 is 1.02 bits per heavy atom. The fourth-order valence-electron chi connectivity index (χ4n) is 6.78. The van der Waals surface area contributed by atoms with Crippen molar-refractivity contribution in [2.45, 2.75) is 44.9 Å². The summed E-state index contributed by atoms with van der Waals surface area (Å²) in [5, 5.41) is 77.3. The number of aromatic hydroxyl groups is 8. The van der Waals surface area contributed by atoms with Gasteiger partial charge in [-0.2, -0.15) is 0 Å². The van der Waals surface area contributed by atoms with Gasteiger partial charge in [0, 0.05) is 35.1 Å². The molecule has 0 aliphatic rings. The topological polar surface area (TPSA) is 162 Å². The lowest BCUT2D eigenvalue weighted by atomic mass is 10.0. The molecule has 0 bridgehead atoms. The molecule has 64 heavy (non-hydrogen) atoms. The predicted molar refractivity (Wildman–Crippen MR) is 255 cm³/mol. The van der Waals surface area contributed by atoms with Crippen molar-refractivity contribution in [1.82, 2.24) is 0 Å². The third kappa shape index (κ3) is 14.8. The quantitative estimate of drug-likeness (QED) is 0.0637. The Balaban J connectivity index is 0.000000161. The summed E-state index contributed by atoms with van der Waals surface area (Å²) < 4.78 is 0. The molecule has 8 rings (SSSR count). The fourth-order valence-corrected chi connectivity index (χ4v) is 6.96. The van der Waals surface area contributed by atoms with E-state index >= 15 is 0 Å². The van der Waals surface area contributed by atoms with Gasteiger partial charge in [0.05, 0.1) is 5.02 Å². The van der Waals surface area contributed by atoms with E-state index in [9.17, 15) is 40.9 Å². The van der Waals surface area contributed by atoms with Crippen LogP contribution in [0.25, 0.3) is 0 Å². The van der Waals surface area contributed by atoms with Crippen LogP contribution in [-0.2, 0) is 38.5 Å². The highest BCUT2D eigenvalue weighted by Crippen LogP contribution is 2.35. The Hall–Kier alpha value is -7.55. The van der Waals surface area contributed by atoms with Gasteiger partial charge in [-0.3, -0.25) is 0 Å². The van der Waals surface area contributed by atoms with Gasteiger partial charge in [0.2, 0.25) is 0 Å². The number of hydrogen-bond donors (Lipinski definition) is 8. The zero-order chi connectivity index (χ0) is 45.7. The van der Waals surface area contributed by atoms with Crippen LogP contribution in [0, 0.1) is 0 Å². The van der Waals surface area contributed by atoms with Crippen molar-refractivity contribution in [3.8, 4) is 46.0 Å². The largest absolute Gasteiger partial charge is 0.508 e. The zero-order valence-electron chi connectivity index (χ0n) is 35.3. The molecule has 9 heteroatoms. The second-order valence-electron chi connectivity index (χ2n) is 14.9. The van der Waals surface area contributed by atoms with Crippen LogP contribution >= 0.6 is 11.6 Å². The van der Waals surface area contributed by atoms with Crippen molar-refractivity contribution < 1.29 is 40.9 Å². The van der Waals surface area contributed by atoms with Crippen LogP contribution in [0.15, 0.2) is 188 Å². The summed E-state index contributed by atoms with van der Waals surface area (Å²) in [6.07, 6.45) is 5.00. The smallest absolute Gasteiger partial charge is 0.141 e. The molecule has 0 fully saturated rings. The minimum absolute atomic E-state index is 0.0504. The lowest BCUT2D eigenvalue weighted by Gasteiger charge is -2.08. The first-order valence-corrected chi connectivity index (χ1v) is 21.2. The first-order chi connectivity index (χ1) is 31.0. The summed E-state index contributed by atoms with van der Waals surface area (Å²) in [6, 6.07) is 57.0. The Morgan fingerprint density at radius 1 is 0.266 bits per heavy atom. The van der Waals surface area contributed by atoms with Gasteiger partial charge in [-0.25, -0.2) is 0 Å². The van der Waals surface area contributed by atoms with Crippen molar-refractivity contribution in [3.05, 3.63) is 238 Å². The third-order valence-corrected chi connectivity index (χ3v) is 10.6. The van der Waals surface area contributed by atoms with Crippen LogP contribution in [0.3, 0.4) is 0 Å². The number of rotatable bonds is 11. The normalized spacial score (nSPS) is 10.3. The third-order valence-electron chi connectivity index (χ3n) is 10.3. The lowest BCUT2D eigenvalue weighted by molar-refractivity contribution is 0.436. The average Bonchev–Trinajstić information content (AvgIpc) is 3.31. The molecule has 8 aromatic carbocycles. The molecule has 8 N–H and O–H groups in total. The molecule has 0 unspecified atom stereocenters. The standard InChI is InChI=1S/C15H16O2.C14H14O2.C13H11ClO2.C13H12O2/c16-14-10-5-11-15(17)13(14)9-4-8-12-6-2-1-3-7-12;15-13-7-4-8-14(16)12(13)10-9-11-5-2-1-3-6-11;14-11-6-7-12(15)10(13(11)16)8-9-4-2-1-3-5-9;14-12-7-4-8-13(15)11(12)9-10-5-2-1-3-6-10/h1-3,5-7,10-11,16-17H,4,8-9H2;1-8,15-16H,9-10H2;1-7,15-16H,8H2;1-8,14-15H,9H2. The molecule has 0 spiro atoms. The van der Waals surface area contributed by atoms with Crippen LogP contribution in [0.2, 0.25) is 5.02 Å². The SMILES string of the molecule is Oc1ccc(Cl)c(O)c1Cc1ccccc1.Oc1cccc(O)c1CCCc1ccccc1.Oc1cccc(O)c1CCc1ccccc1.Oc1cccc(O)c1Cc1ccccc1. The number of hydrogen-bond acceptors (Lipinski definition) is 8. The van der Waals surface area contributed by atoms with Crippen molar-refractivity contribution in [2.24, 2.45) is 0 Å². The summed E-state index contributed by atoms with van der Waals surface area (Å²) in [6.45, 7) is 0. The molecule has 0 amide bonds. The molecule has 8 aromatic rings. The molecule has 0 aliphatic heterocycles. The molecule has 0 atom stereocenters. The number of benzene rings is 8. The van der Waals surface area contributed by atoms with E-state index in [1.807, 2.05) is 109 Å². The van der Waals surface area contributed by atoms with Crippen molar-refractivity contribution in [3.63, 3.8) is 0 Å². The van der Waals surface area contributed by atoms with Crippen LogP contribution in [0.1, 0.15) is 50.9 Å². The van der Waals surface area contributed by atoms with Crippen LogP contribution in [0.5, 0.6) is 46.0 Å². The van der Waals surface area contributed by atoms with E-state index in [1.54, 1.807) is 54.6 Å². The summed E-state index contributed by atoms with van der Waals surface area (Å²) in [5.41, 5.74) is 6.84. The maximum Gasteiger partial charge on any atom is 0.141 e. The van der Waals surface area contributed by atoms with E-state index < -0.39 is 0 Å². The van der Waals surface area contributed by atoms with Gasteiger partial charge in [-0.15, -0.1) is 0 Å². The van der Waals surface area contributed by atoms with Crippen LogP contribution in [0.4, 0.5) is 0 Å². The lowest BCUT2D eigenvalue weighted by Crippen LogP contribution is -1.92. The van der Waals surface area contributed by atoms with Gasteiger partial charge in [0.15, 0.2) is 0 Å². The number of phenols is 8. The Labute approximate surface area is 379 Å². The monoisotopic (exact) mass is 876 g/mol. The molecular formula is C55H53ClO8. The van der Waals surface area contributed by atoms with E-state index in [-0.39, 0.29) is 51.0 Å². The summed E-state index contributed by atoms with van der Waals surface area (Å²) in [5.74, 6) is 0.969. The highest BCUT2D eigenvalue weighted by Gasteiger charge is 2.12. The van der Waals surface area contributed by atoms with Gasteiger partial charge in [0.1, 0.15) is 46.0 Å². The minimum Gasteiger partial charge on any atom is -0.508 e. The van der Waals surface area contributed by atoms with Crippen LogP contribution in [-0.4, -0.2) is 40.9 Å². The predicted octanol–water partition coefficient (Wildman–Crippen LogP) is 12.2. The second-order valence-corrected chi connectivity index (χ2v) is 15.3. The Bertz CT molecular complexity index is 2560. The van der Waals surface area contributed by atoms with Gasteiger partial charge >= 0.3 is 0 Å². The zero-order valence-corrected chi connectivity index (χ0v) is 36.1. The molecule has 0 radical (unpaired) electrons. The fraction of sp³-hybridized carbons (Fsp3) is 0.127. The van der Waals surface area contributed by atoms with E-state index in [0.717, 1.165) is 30.4 Å². The number of aryl methyl sites for hydroxylation is 2. The van der Waals surface area contributed by atoms with E-state index in [0.29, 0.717) is 47.9 Å². The molecule has 0 saturated heterocycles. The van der Waals surface area contributed by atoms with Gasteiger partial charge in [-0.05, 0) is 103 Å². The van der Waals surface area contributed by atoms with E-state index in [1.165, 1.54) is 23.3 Å². The summed E-state index contributed by atoms with van der Waals surface area (Å²) in [7, 11) is 0. The van der Waals surface area contributed by atoms with Gasteiger partial charge < -0.3 is 40.9 Å². The molecule has 0 aliphatic carbocycles. The van der Waals surface area contributed by atoms with Crippen molar-refractivity contribution in [1.29, 1.82) is 0 Å². The maximum atomic E-state index is 9.75. The molecule has 0 saturated carbocycles. The highest BCUT2D eigenvalue weighted by molar-refractivity contribution is 6.32. The molecule has 0 heterocycles. The molecule has 328 valence electrons. The molecule has 8 nitrogen and oxygen atoms in total. The first kappa shape index (κ1) is 47.5. The van der Waals surface area contributed by atoms with E-state index in [2.05, 4.69) is 12.1 Å². The molecular weight excluding hydrogens is 824 g/mol. The first-order valence-electron chi connectivity index (χ1n) is 20.8. The number of halogens is 1. The van der Waals surface area contributed by atoms with Gasteiger partial charge in [-0.1, -0.05) is 151 Å². The van der Waals surface area contributed by atoms with Crippen molar-refractivity contribution >= 4 is 11.6 Å². The average molecular weight is 877 g/mol. The summed E-state index contributed by atoms with van der Waals surface area (Å²) >= 11 is 5.79. The van der Waals surface area contributed by atoms with Gasteiger partial charge in [0.25, 0.3) is 0 Å².